The van der Waals surface area contributed by atoms with E-state index in [1.54, 1.807) is 0 Å². The van der Waals surface area contributed by atoms with Crippen molar-refractivity contribution in [3.63, 3.8) is 0 Å². The molecule has 212 valence electrons. The summed E-state index contributed by atoms with van der Waals surface area (Å²) in [6.45, 7) is 0. The van der Waals surface area contributed by atoms with Crippen molar-refractivity contribution in [2.75, 3.05) is 0 Å². The first kappa shape index (κ1) is 29.8. The predicted octanol–water partition coefficient (Wildman–Crippen LogP) is 4.08. The average molecular weight is 601 g/mol. The maximum absolute atomic E-state index is 6.58. The second kappa shape index (κ2) is 11.9. The Hall–Kier alpha value is -5.55. The minimum absolute atomic E-state index is 0.191. The van der Waals surface area contributed by atoms with Gasteiger partial charge in [-0.2, -0.15) is 0 Å². The number of furan rings is 1. The summed E-state index contributed by atoms with van der Waals surface area (Å²) in [5, 5.41) is 1.96. The Bertz CT molecular complexity index is 2410. The fourth-order valence-electron chi connectivity index (χ4n) is 6.07. The van der Waals surface area contributed by atoms with Crippen LogP contribution in [0.2, 0.25) is 0 Å². The Morgan fingerprint density at radius 2 is 0.917 bits per heavy atom. The van der Waals surface area contributed by atoms with Crippen molar-refractivity contribution in [1.29, 1.82) is 0 Å². The van der Waals surface area contributed by atoms with Crippen LogP contribution in [-0.4, -0.2) is 54.2 Å². The molecule has 0 saturated heterocycles. The maximum atomic E-state index is 6.58. The maximum Gasteiger partial charge on any atom is 0.167 e. The molecule has 0 aliphatic heterocycles. The molecule has 0 aliphatic rings. The lowest BCUT2D eigenvalue weighted by atomic mass is 9.59. The molecule has 0 fully saturated rings. The van der Waals surface area contributed by atoms with Crippen molar-refractivity contribution >= 4 is 88.5 Å². The molecule has 8 rings (SSSR count). The largest absolute Gasteiger partial charge is 0.455 e. The quantitative estimate of drug-likeness (QED) is 0.280. The van der Waals surface area contributed by atoms with Gasteiger partial charge in [-0.25, -0.2) is 15.0 Å². The van der Waals surface area contributed by atoms with Crippen LogP contribution in [0.25, 0.3) is 78.4 Å². The van der Waals surface area contributed by atoms with Crippen molar-refractivity contribution in [2.24, 2.45) is 0 Å². The summed E-state index contributed by atoms with van der Waals surface area (Å²) in [5.74, 6) is 1.71. The number of fused-ring (bicyclic) bond motifs is 3. The Morgan fingerprint density at radius 3 is 1.52 bits per heavy atom. The topological polar surface area (TPSA) is 51.8 Å². The van der Waals surface area contributed by atoms with Crippen molar-refractivity contribution in [2.45, 2.75) is 0 Å². The number of nitrogens with zero attached hydrogens (tertiary/aromatic N) is 3. The highest BCUT2D eigenvalue weighted by Gasteiger charge is 2.18. The zero-order chi connectivity index (χ0) is 32.9. The molecule has 0 atom stereocenters. The van der Waals surface area contributed by atoms with Crippen LogP contribution in [0, 0.1) is 0 Å². The molecule has 0 bridgehead atoms. The summed E-state index contributed by atoms with van der Waals surface area (Å²) in [5.41, 5.74) is 8.57. The molecule has 0 N–H and O–H groups in total. The van der Waals surface area contributed by atoms with Crippen molar-refractivity contribution in [3.8, 4) is 56.4 Å². The van der Waals surface area contributed by atoms with Gasteiger partial charge in [-0.3, -0.25) is 0 Å². The van der Waals surface area contributed by atoms with Gasteiger partial charge in [0.05, 0.1) is 5.56 Å². The van der Waals surface area contributed by atoms with Crippen LogP contribution in [0.5, 0.6) is 0 Å². The smallest absolute Gasteiger partial charge is 0.167 e. The zero-order valence-corrected chi connectivity index (χ0v) is 25.7. The van der Waals surface area contributed by atoms with Crippen LogP contribution < -0.4 is 27.3 Å². The van der Waals surface area contributed by atoms with Crippen LogP contribution >= 0.6 is 0 Å². The Morgan fingerprint density at radius 1 is 0.396 bits per heavy atom. The van der Waals surface area contributed by atoms with Crippen molar-refractivity contribution in [1.82, 2.24) is 15.0 Å². The van der Waals surface area contributed by atoms with E-state index in [4.69, 9.17) is 58.6 Å². The first-order chi connectivity index (χ1) is 23.4. The number of para-hydroxylation sites is 1. The standard InChI is InChI=1S/C39H20B5N3O/c40-31-30(32(41)34(43)35(44)33(31)42)22-16-14-21(15-17-22)25-18-19-26-27-12-7-13-28(36(27)48-29(26)20-25)39-46-37(23-8-3-1-4-9-23)45-38(47-39)24-10-5-2-6-11-24/h1-20H. The van der Waals surface area contributed by atoms with Gasteiger partial charge < -0.3 is 4.42 Å². The molecule has 8 aromatic rings. The summed E-state index contributed by atoms with van der Waals surface area (Å²) < 4.78 is 6.58. The molecule has 0 unspecified atom stereocenters. The lowest BCUT2D eigenvalue weighted by Crippen LogP contribution is -2.55. The molecule has 2 heterocycles. The van der Waals surface area contributed by atoms with Gasteiger partial charge in [-0.05, 0) is 40.5 Å². The van der Waals surface area contributed by atoms with E-state index in [0.717, 1.165) is 49.7 Å². The highest BCUT2D eigenvalue weighted by molar-refractivity contribution is 6.68. The Labute approximate surface area is 284 Å². The fraction of sp³-hybridized carbons (Fsp3) is 0. The first-order valence-corrected chi connectivity index (χ1v) is 15.3. The van der Waals surface area contributed by atoms with Crippen molar-refractivity contribution in [3.05, 3.63) is 121 Å². The lowest BCUT2D eigenvalue weighted by Gasteiger charge is -2.21. The molecule has 48 heavy (non-hydrogen) atoms. The Kier molecular flexibility index (Phi) is 7.41. The molecule has 0 aliphatic carbocycles. The van der Waals surface area contributed by atoms with E-state index in [1.165, 1.54) is 0 Å². The van der Waals surface area contributed by atoms with Crippen LogP contribution in [0.1, 0.15) is 0 Å². The van der Waals surface area contributed by atoms with E-state index >= 15 is 0 Å². The number of aromatic nitrogens is 3. The monoisotopic (exact) mass is 601 g/mol. The molecule has 9 heteroatoms. The van der Waals surface area contributed by atoms with E-state index in [-0.39, 0.29) is 16.4 Å². The summed E-state index contributed by atoms with van der Waals surface area (Å²) in [6, 6.07) is 39.9. The third-order valence-electron chi connectivity index (χ3n) is 8.65. The van der Waals surface area contributed by atoms with E-state index in [1.807, 2.05) is 103 Å². The van der Waals surface area contributed by atoms with Crippen LogP contribution in [0.3, 0.4) is 0 Å². The van der Waals surface area contributed by atoms with E-state index in [2.05, 4.69) is 18.2 Å². The second-order valence-electron chi connectivity index (χ2n) is 11.6. The van der Waals surface area contributed by atoms with Gasteiger partial charge in [-0.1, -0.05) is 114 Å². The average Bonchev–Trinajstić information content (AvgIpc) is 3.52. The molecule has 6 aromatic carbocycles. The van der Waals surface area contributed by atoms with Gasteiger partial charge in [0, 0.05) is 21.9 Å². The molecular formula is C39H20B5N3O. The highest BCUT2D eigenvalue weighted by atomic mass is 16.3. The SMILES string of the molecule is [B]c1c([B])c([B])c(-c2ccc(-c3ccc4c(c3)oc3c(-c5nc(-c6ccccc6)nc(-c6ccccc6)n5)cccc34)cc2)c([B])c1[B]. The minimum atomic E-state index is 0.191. The molecule has 0 amide bonds. The summed E-state index contributed by atoms with van der Waals surface area (Å²) in [4.78, 5) is 14.7. The Balaban J connectivity index is 1.22. The third-order valence-corrected chi connectivity index (χ3v) is 8.65. The van der Waals surface area contributed by atoms with Gasteiger partial charge >= 0.3 is 0 Å². The molecule has 10 radical (unpaired) electrons. The lowest BCUT2D eigenvalue weighted by molar-refractivity contribution is 0.669. The highest BCUT2D eigenvalue weighted by Crippen LogP contribution is 2.37. The first-order valence-electron chi connectivity index (χ1n) is 15.3. The molecule has 0 spiro atoms. The van der Waals surface area contributed by atoms with Gasteiger partial charge in [0.25, 0.3) is 0 Å². The predicted molar refractivity (Wildman–Crippen MR) is 201 cm³/mol. The van der Waals surface area contributed by atoms with Gasteiger partial charge in [0.1, 0.15) is 50.4 Å². The van der Waals surface area contributed by atoms with Crippen LogP contribution in [-0.2, 0) is 0 Å². The number of hydrogen-bond donors (Lipinski definition) is 0. The molecule has 0 saturated carbocycles. The fourth-order valence-corrected chi connectivity index (χ4v) is 6.07. The zero-order valence-electron chi connectivity index (χ0n) is 25.7. The van der Waals surface area contributed by atoms with Gasteiger partial charge in [0.15, 0.2) is 17.5 Å². The van der Waals surface area contributed by atoms with Crippen molar-refractivity contribution < 1.29 is 4.42 Å². The third kappa shape index (κ3) is 5.07. The summed E-state index contributed by atoms with van der Waals surface area (Å²) in [7, 11) is 30.8. The van der Waals surface area contributed by atoms with E-state index in [9.17, 15) is 0 Å². The molecule has 4 nitrogen and oxygen atoms in total. The van der Waals surface area contributed by atoms with Gasteiger partial charge in [-0.15, -0.1) is 16.4 Å². The number of benzene rings is 6. The van der Waals surface area contributed by atoms with E-state index in [0.29, 0.717) is 39.5 Å². The van der Waals surface area contributed by atoms with E-state index < -0.39 is 0 Å². The molecular weight excluding hydrogens is 581 g/mol. The minimum Gasteiger partial charge on any atom is -0.455 e. The number of hydrogen-bond acceptors (Lipinski definition) is 4. The van der Waals surface area contributed by atoms with Gasteiger partial charge in [0.2, 0.25) is 0 Å². The summed E-state index contributed by atoms with van der Waals surface area (Å²) in [6.07, 6.45) is 0. The molecule has 2 aromatic heterocycles. The second-order valence-corrected chi connectivity index (χ2v) is 11.6. The van der Waals surface area contributed by atoms with Crippen LogP contribution in [0.15, 0.2) is 126 Å². The number of rotatable bonds is 5. The summed E-state index contributed by atoms with van der Waals surface area (Å²) >= 11 is 0. The van der Waals surface area contributed by atoms with Crippen LogP contribution in [0.4, 0.5) is 0 Å². The normalized spacial score (nSPS) is 11.3.